The van der Waals surface area contributed by atoms with E-state index in [1.54, 1.807) is 0 Å². The number of anilines is 1. The van der Waals surface area contributed by atoms with E-state index in [9.17, 15) is 13.2 Å². The lowest BCUT2D eigenvalue weighted by atomic mass is 10.2. The maximum Gasteiger partial charge on any atom is 0.573 e. The van der Waals surface area contributed by atoms with E-state index >= 15 is 0 Å². The molecule has 1 aromatic carbocycles. The number of alkyl halides is 3. The van der Waals surface area contributed by atoms with Gasteiger partial charge in [-0.3, -0.25) is 4.99 Å². The Labute approximate surface area is 138 Å². The molecule has 8 heteroatoms. The summed E-state index contributed by atoms with van der Waals surface area (Å²) in [6.07, 6.45) is 1.88. The van der Waals surface area contributed by atoms with E-state index in [0.29, 0.717) is 12.2 Å². The number of thioether (sulfide) groups is 1. The molecule has 0 saturated heterocycles. The third-order valence-corrected chi connectivity index (χ3v) is 3.60. The highest BCUT2D eigenvalue weighted by atomic mass is 32.2. The van der Waals surface area contributed by atoms with Gasteiger partial charge in [0.25, 0.3) is 0 Å². The van der Waals surface area contributed by atoms with Gasteiger partial charge in [-0.2, -0.15) is 11.8 Å². The van der Waals surface area contributed by atoms with Crippen molar-refractivity contribution in [1.29, 1.82) is 0 Å². The van der Waals surface area contributed by atoms with Crippen molar-refractivity contribution in [3.63, 3.8) is 0 Å². The maximum atomic E-state index is 12.0. The van der Waals surface area contributed by atoms with Crippen LogP contribution in [-0.2, 0) is 0 Å². The van der Waals surface area contributed by atoms with Crippen LogP contribution in [0.3, 0.4) is 0 Å². The fourth-order valence-corrected chi connectivity index (χ4v) is 2.33. The Morgan fingerprint density at radius 1 is 1.17 bits per heavy atom. The quantitative estimate of drug-likeness (QED) is 0.398. The number of hydrogen-bond donors (Lipinski definition) is 2. The van der Waals surface area contributed by atoms with E-state index in [1.165, 1.54) is 42.9 Å². The first-order valence-electron chi connectivity index (χ1n) is 7.32. The van der Waals surface area contributed by atoms with Gasteiger partial charge >= 0.3 is 6.36 Å². The molecule has 0 bridgehead atoms. The Kier molecular flexibility index (Phi) is 8.68. The van der Waals surface area contributed by atoms with E-state index in [2.05, 4.69) is 21.3 Å². The minimum Gasteiger partial charge on any atom is -0.406 e. The van der Waals surface area contributed by atoms with Crippen molar-refractivity contribution < 1.29 is 17.9 Å². The Balaban J connectivity index is 2.30. The second-order valence-electron chi connectivity index (χ2n) is 4.87. The number of hydrogen-bond acceptors (Lipinski definition) is 3. The highest BCUT2D eigenvalue weighted by Gasteiger charge is 2.30. The van der Waals surface area contributed by atoms with Crippen LogP contribution >= 0.6 is 11.8 Å². The first-order chi connectivity index (χ1) is 10.9. The number of guanidine groups is 1. The first-order valence-corrected chi connectivity index (χ1v) is 8.72. The summed E-state index contributed by atoms with van der Waals surface area (Å²) in [7, 11) is 0. The molecule has 0 fully saturated rings. The number of halogens is 3. The maximum absolute atomic E-state index is 12.0. The number of nitrogens with zero attached hydrogens (tertiary/aromatic N) is 1. The molecule has 0 unspecified atom stereocenters. The standard InChI is InChI=1S/C15H22F3N3OS/c1-23-11-5-3-2-4-10-20-14(19)21-12-6-8-13(9-7-12)22-15(16,17)18/h6-9H,2-5,10-11H2,1H3,(H3,19,20,21). The molecular weight excluding hydrogens is 327 g/mol. The third-order valence-electron chi connectivity index (χ3n) is 2.90. The van der Waals surface area contributed by atoms with Gasteiger partial charge in [0.05, 0.1) is 0 Å². The summed E-state index contributed by atoms with van der Waals surface area (Å²) in [5.74, 6) is 1.16. The molecule has 130 valence electrons. The van der Waals surface area contributed by atoms with Crippen molar-refractivity contribution in [2.24, 2.45) is 10.7 Å². The molecule has 0 atom stereocenters. The fraction of sp³-hybridized carbons (Fsp3) is 0.533. The lowest BCUT2D eigenvalue weighted by Crippen LogP contribution is -2.23. The lowest BCUT2D eigenvalue weighted by molar-refractivity contribution is -0.274. The van der Waals surface area contributed by atoms with Gasteiger partial charge in [0, 0.05) is 12.2 Å². The van der Waals surface area contributed by atoms with Crippen molar-refractivity contribution in [3.8, 4) is 5.75 Å². The lowest BCUT2D eigenvalue weighted by Gasteiger charge is -2.10. The molecule has 0 aliphatic carbocycles. The molecule has 0 aliphatic heterocycles. The molecule has 4 nitrogen and oxygen atoms in total. The molecular formula is C15H22F3N3OS. The van der Waals surface area contributed by atoms with Crippen LogP contribution in [0.25, 0.3) is 0 Å². The van der Waals surface area contributed by atoms with Crippen LogP contribution in [0.15, 0.2) is 29.3 Å². The van der Waals surface area contributed by atoms with Crippen LogP contribution < -0.4 is 15.8 Å². The molecule has 3 N–H and O–H groups in total. The van der Waals surface area contributed by atoms with Crippen molar-refractivity contribution >= 4 is 23.4 Å². The minimum atomic E-state index is -4.69. The van der Waals surface area contributed by atoms with Gasteiger partial charge in [0.15, 0.2) is 5.96 Å². The number of aliphatic imine (C=N–C) groups is 1. The van der Waals surface area contributed by atoms with Gasteiger partial charge in [-0.05, 0) is 49.1 Å². The fourth-order valence-electron chi connectivity index (χ4n) is 1.84. The smallest absolute Gasteiger partial charge is 0.406 e. The topological polar surface area (TPSA) is 59.6 Å². The van der Waals surface area contributed by atoms with Crippen LogP contribution in [0.4, 0.5) is 18.9 Å². The molecule has 0 aliphatic rings. The van der Waals surface area contributed by atoms with Gasteiger partial charge in [0.2, 0.25) is 0 Å². The Morgan fingerprint density at radius 2 is 1.83 bits per heavy atom. The largest absolute Gasteiger partial charge is 0.573 e. The minimum absolute atomic E-state index is 0.249. The molecule has 0 heterocycles. The van der Waals surface area contributed by atoms with Gasteiger partial charge in [-0.1, -0.05) is 12.8 Å². The van der Waals surface area contributed by atoms with Crippen molar-refractivity contribution in [1.82, 2.24) is 0 Å². The summed E-state index contributed by atoms with van der Waals surface area (Å²) < 4.78 is 39.9. The Hall–Kier alpha value is -1.57. The zero-order chi connectivity index (χ0) is 17.1. The van der Waals surface area contributed by atoms with E-state index in [4.69, 9.17) is 5.73 Å². The number of nitrogens with two attached hydrogens (primary N) is 1. The predicted molar refractivity (Wildman–Crippen MR) is 90.1 cm³/mol. The molecule has 0 radical (unpaired) electrons. The summed E-state index contributed by atoms with van der Waals surface area (Å²) in [6, 6.07) is 5.33. The van der Waals surface area contributed by atoms with Crippen molar-refractivity contribution in [3.05, 3.63) is 24.3 Å². The monoisotopic (exact) mass is 349 g/mol. The number of benzene rings is 1. The third kappa shape index (κ3) is 9.93. The van der Waals surface area contributed by atoms with Crippen LogP contribution in [-0.4, -0.2) is 30.9 Å². The summed E-state index contributed by atoms with van der Waals surface area (Å²) in [5.41, 5.74) is 6.29. The van der Waals surface area contributed by atoms with E-state index in [0.717, 1.165) is 12.8 Å². The summed E-state index contributed by atoms with van der Waals surface area (Å²) in [6.45, 7) is 0.632. The van der Waals surface area contributed by atoms with E-state index in [1.807, 2.05) is 11.8 Å². The van der Waals surface area contributed by atoms with Crippen LogP contribution in [0.1, 0.15) is 25.7 Å². The number of unbranched alkanes of at least 4 members (excludes halogenated alkanes) is 3. The Bertz CT molecular complexity index is 478. The number of nitrogens with one attached hydrogen (secondary N) is 1. The average Bonchev–Trinajstić information content (AvgIpc) is 2.47. The molecule has 0 saturated carbocycles. The van der Waals surface area contributed by atoms with Gasteiger partial charge < -0.3 is 15.8 Å². The van der Waals surface area contributed by atoms with Crippen LogP contribution in [0.2, 0.25) is 0 Å². The van der Waals surface area contributed by atoms with Crippen molar-refractivity contribution in [2.75, 3.05) is 23.9 Å². The van der Waals surface area contributed by atoms with E-state index < -0.39 is 6.36 Å². The second-order valence-corrected chi connectivity index (χ2v) is 5.86. The number of ether oxygens (including phenoxy) is 1. The number of rotatable bonds is 9. The average molecular weight is 349 g/mol. The van der Waals surface area contributed by atoms with Gasteiger partial charge in [-0.15, -0.1) is 13.2 Å². The summed E-state index contributed by atoms with van der Waals surface area (Å²) >= 11 is 1.85. The molecule has 0 aromatic heterocycles. The zero-order valence-electron chi connectivity index (χ0n) is 13.0. The van der Waals surface area contributed by atoms with Crippen molar-refractivity contribution in [2.45, 2.75) is 32.0 Å². The molecule has 23 heavy (non-hydrogen) atoms. The predicted octanol–water partition coefficient (Wildman–Crippen LogP) is 4.24. The SMILES string of the molecule is CSCCCCCCN=C(N)Nc1ccc(OC(F)(F)F)cc1. The molecule has 1 aromatic rings. The summed E-state index contributed by atoms with van der Waals surface area (Å²) in [5, 5.41) is 2.83. The molecule has 0 amide bonds. The van der Waals surface area contributed by atoms with Crippen LogP contribution in [0, 0.1) is 0 Å². The first kappa shape index (κ1) is 19.5. The highest BCUT2D eigenvalue weighted by Crippen LogP contribution is 2.23. The molecule has 1 rings (SSSR count). The van der Waals surface area contributed by atoms with Gasteiger partial charge in [-0.25, -0.2) is 0 Å². The second kappa shape index (κ2) is 10.3. The highest BCUT2D eigenvalue weighted by molar-refractivity contribution is 7.98. The normalized spacial score (nSPS) is 12.3. The van der Waals surface area contributed by atoms with Gasteiger partial charge in [0.1, 0.15) is 5.75 Å². The summed E-state index contributed by atoms with van der Waals surface area (Å²) in [4.78, 5) is 4.19. The molecule has 0 spiro atoms. The van der Waals surface area contributed by atoms with E-state index in [-0.39, 0.29) is 11.7 Å². The zero-order valence-corrected chi connectivity index (χ0v) is 13.8. The Morgan fingerprint density at radius 3 is 2.43 bits per heavy atom. The van der Waals surface area contributed by atoms with Crippen LogP contribution in [0.5, 0.6) is 5.75 Å².